The number of nitrogens with one attached hydrogen (secondary N) is 2. The molecule has 0 saturated carbocycles. The van der Waals surface area contributed by atoms with Crippen molar-refractivity contribution in [3.05, 3.63) is 35.9 Å². The Morgan fingerprint density at radius 3 is 2.18 bits per heavy atom. The van der Waals surface area contributed by atoms with E-state index in [2.05, 4.69) is 0 Å². The summed E-state index contributed by atoms with van der Waals surface area (Å²) in [5.74, 6) is -2.70. The van der Waals surface area contributed by atoms with E-state index in [-0.39, 0.29) is 18.9 Å². The first kappa shape index (κ1) is 23.3. The minimum atomic E-state index is -5.15. The summed E-state index contributed by atoms with van der Waals surface area (Å²) in [4.78, 5) is 35.6. The molecule has 0 aliphatic rings. The number of carbonyl (C=O) groups is 3. The van der Waals surface area contributed by atoms with Crippen LogP contribution in [0, 0.1) is 5.92 Å². The van der Waals surface area contributed by atoms with Gasteiger partial charge in [-0.05, 0) is 24.8 Å². The van der Waals surface area contributed by atoms with Crippen molar-refractivity contribution in [3.63, 3.8) is 0 Å². The Morgan fingerprint density at radius 2 is 1.71 bits per heavy atom. The molecule has 0 heterocycles. The van der Waals surface area contributed by atoms with Crippen LogP contribution in [-0.4, -0.2) is 35.7 Å². The zero-order valence-electron chi connectivity index (χ0n) is 15.8. The molecular formula is C18H24F3N3O4. The Hall–Kier alpha value is -2.78. The summed E-state index contributed by atoms with van der Waals surface area (Å²) in [5, 5.41) is 3.52. The number of alkyl halides is 3. The molecule has 28 heavy (non-hydrogen) atoms. The summed E-state index contributed by atoms with van der Waals surface area (Å²) < 4.78 is 45.4. The van der Waals surface area contributed by atoms with Gasteiger partial charge in [0.2, 0.25) is 11.4 Å². The monoisotopic (exact) mass is 403 g/mol. The van der Waals surface area contributed by atoms with Crippen molar-refractivity contribution in [2.75, 3.05) is 0 Å². The Bertz CT molecular complexity index is 695. The Labute approximate surface area is 160 Å². The molecule has 4 N–H and O–H groups in total. The van der Waals surface area contributed by atoms with Crippen molar-refractivity contribution >= 4 is 17.9 Å². The molecule has 0 aromatic heterocycles. The summed E-state index contributed by atoms with van der Waals surface area (Å²) in [6, 6.07) is 6.99. The zero-order valence-corrected chi connectivity index (χ0v) is 15.8. The fraction of sp³-hybridized carbons (Fsp3) is 0.500. The normalized spacial score (nSPS) is 14.7. The molecular weight excluding hydrogens is 379 g/mol. The molecule has 0 spiro atoms. The number of hydrogen-bond acceptors (Lipinski definition) is 4. The highest BCUT2D eigenvalue weighted by Crippen LogP contribution is 2.31. The first-order chi connectivity index (χ1) is 12.9. The number of ether oxygens (including phenoxy) is 1. The SMILES string of the molecule is CC(C)C[C@H](NC(=O)[C@@](C)(NC(=O)OCc1ccccc1)C(F)(F)F)C(N)=O. The summed E-state index contributed by atoms with van der Waals surface area (Å²) in [6.45, 7) is 3.63. The van der Waals surface area contributed by atoms with Gasteiger partial charge in [-0.3, -0.25) is 14.9 Å². The first-order valence-corrected chi connectivity index (χ1v) is 8.52. The fourth-order valence-electron chi connectivity index (χ4n) is 2.24. The minimum Gasteiger partial charge on any atom is -0.445 e. The largest absolute Gasteiger partial charge is 0.445 e. The van der Waals surface area contributed by atoms with Crippen LogP contribution in [0.15, 0.2) is 30.3 Å². The fourth-order valence-corrected chi connectivity index (χ4v) is 2.24. The van der Waals surface area contributed by atoms with Crippen LogP contribution in [-0.2, 0) is 20.9 Å². The lowest BCUT2D eigenvalue weighted by Gasteiger charge is -2.32. The molecule has 0 radical (unpaired) electrons. The van der Waals surface area contributed by atoms with Crippen LogP contribution >= 0.6 is 0 Å². The molecule has 7 nitrogen and oxygen atoms in total. The lowest BCUT2D eigenvalue weighted by molar-refractivity contribution is -0.194. The van der Waals surface area contributed by atoms with Gasteiger partial charge in [-0.2, -0.15) is 13.2 Å². The molecule has 0 fully saturated rings. The summed E-state index contributed by atoms with van der Waals surface area (Å²) in [6.07, 6.45) is -6.53. The molecule has 0 saturated heterocycles. The van der Waals surface area contributed by atoms with Crippen LogP contribution in [0.4, 0.5) is 18.0 Å². The third kappa shape index (κ3) is 6.43. The van der Waals surface area contributed by atoms with E-state index in [4.69, 9.17) is 10.5 Å². The van der Waals surface area contributed by atoms with E-state index in [0.717, 1.165) is 0 Å². The van der Waals surface area contributed by atoms with E-state index in [0.29, 0.717) is 12.5 Å². The second-order valence-corrected chi connectivity index (χ2v) is 6.87. The lowest BCUT2D eigenvalue weighted by atomic mass is 9.98. The van der Waals surface area contributed by atoms with Gasteiger partial charge >= 0.3 is 12.3 Å². The maximum Gasteiger partial charge on any atom is 0.420 e. The summed E-state index contributed by atoms with van der Waals surface area (Å²) in [5.41, 5.74) is 2.39. The highest BCUT2D eigenvalue weighted by molar-refractivity contribution is 5.94. The van der Waals surface area contributed by atoms with Gasteiger partial charge in [-0.15, -0.1) is 0 Å². The van der Waals surface area contributed by atoms with Crippen LogP contribution in [0.5, 0.6) is 0 Å². The average Bonchev–Trinajstić information content (AvgIpc) is 2.58. The van der Waals surface area contributed by atoms with E-state index in [1.807, 2.05) is 5.32 Å². The van der Waals surface area contributed by atoms with E-state index in [1.165, 1.54) is 0 Å². The van der Waals surface area contributed by atoms with E-state index in [1.54, 1.807) is 49.5 Å². The lowest BCUT2D eigenvalue weighted by Crippen LogP contribution is -2.67. The molecule has 156 valence electrons. The molecule has 1 aromatic rings. The van der Waals surface area contributed by atoms with Gasteiger partial charge in [0.1, 0.15) is 12.6 Å². The molecule has 0 unspecified atom stereocenters. The molecule has 1 rings (SSSR count). The molecule has 1 aromatic carbocycles. The van der Waals surface area contributed by atoms with Gasteiger partial charge in [-0.1, -0.05) is 44.2 Å². The Kier molecular flexibility index (Phi) is 7.83. The van der Waals surface area contributed by atoms with Crippen molar-refractivity contribution < 1.29 is 32.3 Å². The Balaban J connectivity index is 2.90. The summed E-state index contributed by atoms with van der Waals surface area (Å²) >= 11 is 0. The quantitative estimate of drug-likeness (QED) is 0.618. The summed E-state index contributed by atoms with van der Waals surface area (Å²) in [7, 11) is 0. The smallest absolute Gasteiger partial charge is 0.420 e. The van der Waals surface area contributed by atoms with Gasteiger partial charge < -0.3 is 15.8 Å². The van der Waals surface area contributed by atoms with Crippen LogP contribution in [0.1, 0.15) is 32.8 Å². The Morgan fingerprint density at radius 1 is 1.14 bits per heavy atom. The third-order valence-corrected chi connectivity index (χ3v) is 3.94. The van der Waals surface area contributed by atoms with Crippen LogP contribution < -0.4 is 16.4 Å². The zero-order chi connectivity index (χ0) is 21.5. The second-order valence-electron chi connectivity index (χ2n) is 6.87. The third-order valence-electron chi connectivity index (χ3n) is 3.94. The maximum absolute atomic E-state index is 13.5. The maximum atomic E-state index is 13.5. The number of hydrogen-bond donors (Lipinski definition) is 3. The van der Waals surface area contributed by atoms with Gasteiger partial charge in [0.15, 0.2) is 0 Å². The molecule has 3 amide bonds. The van der Waals surface area contributed by atoms with E-state index < -0.39 is 35.7 Å². The number of rotatable bonds is 8. The predicted molar refractivity (Wildman–Crippen MR) is 94.8 cm³/mol. The van der Waals surface area contributed by atoms with Gasteiger partial charge in [0.25, 0.3) is 5.91 Å². The van der Waals surface area contributed by atoms with Crippen molar-refractivity contribution in [2.24, 2.45) is 11.7 Å². The van der Waals surface area contributed by atoms with Crippen LogP contribution in [0.3, 0.4) is 0 Å². The van der Waals surface area contributed by atoms with Crippen molar-refractivity contribution in [2.45, 2.75) is 51.6 Å². The molecule has 0 aliphatic carbocycles. The number of nitrogens with two attached hydrogens (primary N) is 1. The highest BCUT2D eigenvalue weighted by Gasteiger charge is 2.58. The first-order valence-electron chi connectivity index (χ1n) is 8.52. The van der Waals surface area contributed by atoms with Crippen molar-refractivity contribution in [3.8, 4) is 0 Å². The number of halogens is 3. The van der Waals surface area contributed by atoms with Gasteiger partial charge in [-0.25, -0.2) is 4.79 Å². The van der Waals surface area contributed by atoms with Crippen molar-refractivity contribution in [1.82, 2.24) is 10.6 Å². The number of benzene rings is 1. The standard InChI is InChI=1S/C18H24F3N3O4/c1-11(2)9-13(14(22)25)23-15(26)17(3,18(19,20)21)24-16(27)28-10-12-7-5-4-6-8-12/h4-8,11,13H,9-10H2,1-3H3,(H2,22,25)(H,23,26)(H,24,27)/t13-,17+/m0/s1. The van der Waals surface area contributed by atoms with E-state index >= 15 is 0 Å². The molecule has 0 aliphatic heterocycles. The van der Waals surface area contributed by atoms with Gasteiger partial charge in [0.05, 0.1) is 0 Å². The molecule has 2 atom stereocenters. The number of carbonyl (C=O) groups excluding carboxylic acids is 3. The average molecular weight is 403 g/mol. The number of amides is 3. The number of alkyl carbamates (subject to hydrolysis) is 1. The molecule has 10 heteroatoms. The van der Waals surface area contributed by atoms with E-state index in [9.17, 15) is 27.6 Å². The minimum absolute atomic E-state index is 0.0491. The number of primary amides is 1. The topological polar surface area (TPSA) is 111 Å². The molecule has 0 bridgehead atoms. The highest BCUT2D eigenvalue weighted by atomic mass is 19.4. The van der Waals surface area contributed by atoms with Crippen LogP contribution in [0.25, 0.3) is 0 Å². The van der Waals surface area contributed by atoms with Crippen molar-refractivity contribution in [1.29, 1.82) is 0 Å². The van der Waals surface area contributed by atoms with Gasteiger partial charge in [0, 0.05) is 0 Å². The second kappa shape index (κ2) is 9.43. The predicted octanol–water partition coefficient (Wildman–Crippen LogP) is 2.25. The van der Waals surface area contributed by atoms with Crippen LogP contribution in [0.2, 0.25) is 0 Å².